The Morgan fingerprint density at radius 2 is 2.14 bits per heavy atom. The molecule has 0 aliphatic carbocycles. The van der Waals surface area contributed by atoms with Crippen LogP contribution in [0.4, 0.5) is 4.79 Å². The van der Waals surface area contributed by atoms with Crippen LogP contribution in [0.15, 0.2) is 0 Å². The fourth-order valence-corrected chi connectivity index (χ4v) is 0.690. The lowest BCUT2D eigenvalue weighted by Crippen LogP contribution is -2.45. The van der Waals surface area contributed by atoms with Crippen LogP contribution in [0.2, 0.25) is 0 Å². The van der Waals surface area contributed by atoms with E-state index in [1.807, 2.05) is 6.92 Å². The molecule has 0 radical (unpaired) electrons. The van der Waals surface area contributed by atoms with E-state index in [-0.39, 0.29) is 0 Å². The Morgan fingerprint density at radius 1 is 1.50 bits per heavy atom. The molecule has 0 aromatic heterocycles. The van der Waals surface area contributed by atoms with Crippen LogP contribution in [0.1, 0.15) is 13.8 Å². The molecule has 0 aromatic carbocycles. The second-order valence-electron chi connectivity index (χ2n) is 2.66. The van der Waals surface area contributed by atoms with Crippen LogP contribution in [-0.4, -0.2) is 42.9 Å². The van der Waals surface area contributed by atoms with Gasteiger partial charge in [0.1, 0.15) is 6.04 Å². The third-order valence-corrected chi connectivity index (χ3v) is 1.45. The Kier molecular flexibility index (Phi) is 6.47. The zero-order valence-electron chi connectivity index (χ0n) is 8.37. The molecule has 3 N–H and O–H groups in total. The van der Waals surface area contributed by atoms with Crippen molar-refractivity contribution >= 4 is 12.0 Å². The summed E-state index contributed by atoms with van der Waals surface area (Å²) in [4.78, 5) is 21.3. The van der Waals surface area contributed by atoms with E-state index in [0.717, 1.165) is 0 Å². The van der Waals surface area contributed by atoms with Gasteiger partial charge >= 0.3 is 12.0 Å². The second-order valence-corrected chi connectivity index (χ2v) is 2.66. The lowest BCUT2D eigenvalue weighted by Gasteiger charge is -2.10. The number of aliphatic carboxylic acids is 1. The van der Waals surface area contributed by atoms with E-state index < -0.39 is 18.0 Å². The van der Waals surface area contributed by atoms with Crippen molar-refractivity contribution in [1.82, 2.24) is 10.6 Å². The normalized spacial score (nSPS) is 11.9. The fourth-order valence-electron chi connectivity index (χ4n) is 0.690. The van der Waals surface area contributed by atoms with Crippen molar-refractivity contribution in [2.75, 3.05) is 19.8 Å². The standard InChI is InChI=1S/C8H16N2O4/c1-3-14-5-4-9-8(13)10-6(2)7(11)12/h6H,3-5H2,1-2H3,(H,11,12)(H2,9,10,13)/t6-/m1/s1. The van der Waals surface area contributed by atoms with Gasteiger partial charge in [-0.1, -0.05) is 0 Å². The summed E-state index contributed by atoms with van der Waals surface area (Å²) in [7, 11) is 0. The predicted octanol–water partition coefficient (Wildman–Crippen LogP) is -0.205. The summed E-state index contributed by atoms with van der Waals surface area (Å²) in [5, 5.41) is 13.2. The molecule has 0 aromatic rings. The highest BCUT2D eigenvalue weighted by atomic mass is 16.5. The lowest BCUT2D eigenvalue weighted by molar-refractivity contribution is -0.138. The minimum Gasteiger partial charge on any atom is -0.480 e. The van der Waals surface area contributed by atoms with Gasteiger partial charge in [0, 0.05) is 13.2 Å². The van der Waals surface area contributed by atoms with E-state index in [1.54, 1.807) is 0 Å². The molecular formula is C8H16N2O4. The molecule has 6 heteroatoms. The van der Waals surface area contributed by atoms with Crippen molar-refractivity contribution in [1.29, 1.82) is 0 Å². The first kappa shape index (κ1) is 12.7. The van der Waals surface area contributed by atoms with Gasteiger partial charge in [-0.05, 0) is 13.8 Å². The molecule has 82 valence electrons. The van der Waals surface area contributed by atoms with E-state index in [4.69, 9.17) is 9.84 Å². The van der Waals surface area contributed by atoms with Crippen LogP contribution in [0.25, 0.3) is 0 Å². The SMILES string of the molecule is CCOCCNC(=O)N[C@H](C)C(=O)O. The molecular weight excluding hydrogens is 188 g/mol. The van der Waals surface area contributed by atoms with Crippen molar-refractivity contribution in [2.24, 2.45) is 0 Å². The number of rotatable bonds is 6. The van der Waals surface area contributed by atoms with E-state index in [2.05, 4.69) is 10.6 Å². The van der Waals surface area contributed by atoms with Crippen LogP contribution < -0.4 is 10.6 Å². The van der Waals surface area contributed by atoms with Crippen LogP contribution in [0.5, 0.6) is 0 Å². The molecule has 0 spiro atoms. The van der Waals surface area contributed by atoms with Gasteiger partial charge in [0.2, 0.25) is 0 Å². The van der Waals surface area contributed by atoms with Crippen LogP contribution in [-0.2, 0) is 9.53 Å². The summed E-state index contributed by atoms with van der Waals surface area (Å²) in [5.74, 6) is -1.06. The summed E-state index contributed by atoms with van der Waals surface area (Å²) in [6, 6.07) is -1.39. The minimum atomic E-state index is -1.06. The van der Waals surface area contributed by atoms with Gasteiger partial charge in [-0.2, -0.15) is 0 Å². The Bertz CT molecular complexity index is 196. The smallest absolute Gasteiger partial charge is 0.325 e. The number of hydrogen-bond acceptors (Lipinski definition) is 3. The summed E-state index contributed by atoms with van der Waals surface area (Å²) in [6.07, 6.45) is 0. The van der Waals surface area contributed by atoms with E-state index in [9.17, 15) is 9.59 Å². The highest BCUT2D eigenvalue weighted by Crippen LogP contribution is 1.80. The molecule has 0 aliphatic heterocycles. The van der Waals surface area contributed by atoms with Crippen LogP contribution in [0, 0.1) is 0 Å². The number of carboxylic acid groups (broad SMARTS) is 1. The van der Waals surface area contributed by atoms with E-state index in [0.29, 0.717) is 19.8 Å². The van der Waals surface area contributed by atoms with Crippen molar-refractivity contribution < 1.29 is 19.4 Å². The maximum Gasteiger partial charge on any atom is 0.325 e. The molecule has 0 bridgehead atoms. The van der Waals surface area contributed by atoms with Crippen LogP contribution in [0.3, 0.4) is 0 Å². The third-order valence-electron chi connectivity index (χ3n) is 1.45. The first-order chi connectivity index (χ1) is 6.57. The molecule has 6 nitrogen and oxygen atoms in total. The van der Waals surface area contributed by atoms with Gasteiger partial charge < -0.3 is 20.5 Å². The first-order valence-corrected chi connectivity index (χ1v) is 4.42. The Balaban J connectivity index is 3.50. The van der Waals surface area contributed by atoms with Crippen molar-refractivity contribution in [3.8, 4) is 0 Å². The average Bonchev–Trinajstić information content (AvgIpc) is 2.12. The Morgan fingerprint density at radius 3 is 2.64 bits per heavy atom. The molecule has 1 atom stereocenters. The van der Waals surface area contributed by atoms with Crippen molar-refractivity contribution in [3.05, 3.63) is 0 Å². The Hall–Kier alpha value is -1.30. The monoisotopic (exact) mass is 204 g/mol. The molecule has 2 amide bonds. The summed E-state index contributed by atoms with van der Waals surface area (Å²) < 4.78 is 4.98. The van der Waals surface area contributed by atoms with Crippen LogP contribution >= 0.6 is 0 Å². The van der Waals surface area contributed by atoms with Gasteiger partial charge in [0.25, 0.3) is 0 Å². The second kappa shape index (κ2) is 7.14. The van der Waals surface area contributed by atoms with Gasteiger partial charge in [-0.15, -0.1) is 0 Å². The largest absolute Gasteiger partial charge is 0.480 e. The summed E-state index contributed by atoms with van der Waals surface area (Å²) >= 11 is 0. The fraction of sp³-hybridized carbons (Fsp3) is 0.750. The van der Waals surface area contributed by atoms with Gasteiger partial charge in [0.05, 0.1) is 6.61 Å². The highest BCUT2D eigenvalue weighted by molar-refractivity contribution is 5.82. The number of ether oxygens (including phenoxy) is 1. The summed E-state index contributed by atoms with van der Waals surface area (Å²) in [5.41, 5.74) is 0. The highest BCUT2D eigenvalue weighted by Gasteiger charge is 2.12. The van der Waals surface area contributed by atoms with Crippen molar-refractivity contribution in [3.63, 3.8) is 0 Å². The molecule has 14 heavy (non-hydrogen) atoms. The van der Waals surface area contributed by atoms with Gasteiger partial charge in [-0.25, -0.2) is 4.79 Å². The van der Waals surface area contributed by atoms with E-state index >= 15 is 0 Å². The molecule has 0 aliphatic rings. The number of nitrogens with one attached hydrogen (secondary N) is 2. The van der Waals surface area contributed by atoms with Gasteiger partial charge in [-0.3, -0.25) is 4.79 Å². The number of hydrogen-bond donors (Lipinski definition) is 3. The zero-order chi connectivity index (χ0) is 11.0. The number of carboxylic acids is 1. The number of carbonyl (C=O) groups excluding carboxylic acids is 1. The Labute approximate surface area is 82.6 Å². The molecule has 0 unspecified atom stereocenters. The average molecular weight is 204 g/mol. The lowest BCUT2D eigenvalue weighted by atomic mass is 10.3. The molecule has 0 rings (SSSR count). The summed E-state index contributed by atoms with van der Waals surface area (Å²) in [6.45, 7) is 4.63. The maximum atomic E-state index is 11.0. The molecule has 0 fully saturated rings. The van der Waals surface area contributed by atoms with Gasteiger partial charge in [0.15, 0.2) is 0 Å². The predicted molar refractivity (Wildman–Crippen MR) is 50.1 cm³/mol. The maximum absolute atomic E-state index is 11.0. The van der Waals surface area contributed by atoms with Crippen molar-refractivity contribution in [2.45, 2.75) is 19.9 Å². The molecule has 0 saturated carbocycles. The zero-order valence-corrected chi connectivity index (χ0v) is 8.37. The molecule has 0 saturated heterocycles. The topological polar surface area (TPSA) is 87.7 Å². The molecule has 0 heterocycles. The first-order valence-electron chi connectivity index (χ1n) is 4.42. The third kappa shape index (κ3) is 6.24. The quantitative estimate of drug-likeness (QED) is 0.523. The number of amides is 2. The van der Waals surface area contributed by atoms with E-state index in [1.165, 1.54) is 6.92 Å². The number of urea groups is 1. The minimum absolute atomic E-state index is 0.367. The number of carbonyl (C=O) groups is 2.